The molecule has 3 aliphatic rings. The fourth-order valence-corrected chi connectivity index (χ4v) is 5.89. The largest absolute Gasteiger partial charge is 0.494 e. The highest BCUT2D eigenvalue weighted by molar-refractivity contribution is 7.09. The van der Waals surface area contributed by atoms with Crippen molar-refractivity contribution in [2.75, 3.05) is 27.2 Å². The van der Waals surface area contributed by atoms with E-state index in [2.05, 4.69) is 48.2 Å². The van der Waals surface area contributed by atoms with Crippen LogP contribution in [0.5, 0.6) is 5.75 Å². The van der Waals surface area contributed by atoms with Crippen LogP contribution in [0.4, 0.5) is 0 Å². The number of hydrogen-bond donors (Lipinski definition) is 1. The number of rotatable bonds is 9. The van der Waals surface area contributed by atoms with Crippen molar-refractivity contribution in [2.45, 2.75) is 37.5 Å². The minimum Gasteiger partial charge on any atom is -0.494 e. The summed E-state index contributed by atoms with van der Waals surface area (Å²) in [6.45, 7) is 1.78. The van der Waals surface area contributed by atoms with Crippen molar-refractivity contribution in [3.63, 3.8) is 0 Å². The molecule has 6 heteroatoms. The fourth-order valence-electron chi connectivity index (χ4n) is 5.09. The lowest BCUT2D eigenvalue weighted by Gasteiger charge is -2.72. The lowest BCUT2D eigenvalue weighted by atomic mass is 9.33. The van der Waals surface area contributed by atoms with E-state index in [1.54, 1.807) is 5.51 Å². The van der Waals surface area contributed by atoms with Gasteiger partial charge in [0.1, 0.15) is 5.75 Å². The molecule has 0 amide bonds. The fraction of sp³-hybridized carbons (Fsp3) is 0.524. The number of carboxylic acids is 1. The van der Waals surface area contributed by atoms with Crippen LogP contribution in [0.15, 0.2) is 29.8 Å². The summed E-state index contributed by atoms with van der Waals surface area (Å²) >= 11 is 1.39. The molecule has 3 saturated carbocycles. The molecule has 1 aromatic carbocycles. The Kier molecular flexibility index (Phi) is 4.72. The summed E-state index contributed by atoms with van der Waals surface area (Å²) in [5.41, 5.74) is 4.21. The predicted octanol–water partition coefficient (Wildman–Crippen LogP) is 3.84. The maximum Gasteiger partial charge on any atom is 0.355 e. The molecule has 3 fully saturated rings. The molecular formula is C21H26N2O3S. The molecule has 0 aliphatic heterocycles. The predicted molar refractivity (Wildman–Crippen MR) is 106 cm³/mol. The van der Waals surface area contributed by atoms with Crippen LogP contribution in [0.25, 0.3) is 0 Å². The first-order valence-electron chi connectivity index (χ1n) is 9.45. The van der Waals surface area contributed by atoms with Gasteiger partial charge < -0.3 is 14.7 Å². The first-order valence-corrected chi connectivity index (χ1v) is 10.3. The Morgan fingerprint density at radius 3 is 2.59 bits per heavy atom. The van der Waals surface area contributed by atoms with Gasteiger partial charge in [0, 0.05) is 11.4 Å². The van der Waals surface area contributed by atoms with Crippen LogP contribution in [0.1, 0.15) is 46.6 Å². The van der Waals surface area contributed by atoms with Crippen molar-refractivity contribution >= 4 is 17.3 Å². The van der Waals surface area contributed by atoms with E-state index in [9.17, 15) is 4.79 Å². The smallest absolute Gasteiger partial charge is 0.355 e. The lowest BCUT2D eigenvalue weighted by molar-refractivity contribution is -0.151. The van der Waals surface area contributed by atoms with E-state index in [0.29, 0.717) is 23.9 Å². The van der Waals surface area contributed by atoms with Gasteiger partial charge in [-0.1, -0.05) is 12.1 Å². The van der Waals surface area contributed by atoms with E-state index in [4.69, 9.17) is 9.84 Å². The molecule has 2 bridgehead atoms. The molecule has 0 unspecified atom stereocenters. The first-order chi connectivity index (χ1) is 12.9. The van der Waals surface area contributed by atoms with Crippen molar-refractivity contribution in [1.29, 1.82) is 0 Å². The highest BCUT2D eigenvalue weighted by atomic mass is 32.1. The number of ether oxygens (including phenoxy) is 1. The standard InChI is InChI=1S/C21H26N2O3S/c1-23(2)13-20-10-21(11-20,12-20)15-5-7-16(8-6-15)26-9-3-4-17-18(19(24)25)22-14-27-17/h5-8,14H,3-4,9-13H2,1-2H3,(H,24,25). The van der Waals surface area contributed by atoms with Gasteiger partial charge >= 0.3 is 5.97 Å². The molecule has 0 saturated heterocycles. The van der Waals surface area contributed by atoms with Crippen LogP contribution in [0.2, 0.25) is 0 Å². The molecule has 1 heterocycles. The Hall–Kier alpha value is -1.92. The van der Waals surface area contributed by atoms with Gasteiger partial charge in [-0.3, -0.25) is 0 Å². The van der Waals surface area contributed by atoms with Crippen LogP contribution < -0.4 is 4.74 Å². The van der Waals surface area contributed by atoms with Gasteiger partial charge in [0.05, 0.1) is 12.1 Å². The van der Waals surface area contributed by atoms with E-state index in [1.807, 2.05) is 0 Å². The van der Waals surface area contributed by atoms with Gasteiger partial charge in [-0.15, -0.1) is 11.3 Å². The van der Waals surface area contributed by atoms with Crippen molar-refractivity contribution in [2.24, 2.45) is 5.41 Å². The molecule has 3 aliphatic carbocycles. The third-order valence-electron chi connectivity index (χ3n) is 5.92. The second-order valence-corrected chi connectivity index (χ2v) is 9.39. The zero-order chi connectivity index (χ0) is 19.1. The third kappa shape index (κ3) is 3.48. The van der Waals surface area contributed by atoms with Crippen LogP contribution in [-0.2, 0) is 11.8 Å². The molecule has 144 valence electrons. The highest BCUT2D eigenvalue weighted by Gasteiger charge is 2.67. The monoisotopic (exact) mass is 386 g/mol. The molecule has 0 radical (unpaired) electrons. The van der Waals surface area contributed by atoms with E-state index in [0.717, 1.165) is 17.0 Å². The van der Waals surface area contributed by atoms with Gasteiger partial charge in [0.25, 0.3) is 0 Å². The Morgan fingerprint density at radius 1 is 1.26 bits per heavy atom. The molecular weight excluding hydrogens is 360 g/mol. The number of thiazole rings is 1. The first kappa shape index (κ1) is 18.4. The average molecular weight is 387 g/mol. The Labute approximate surface area is 164 Å². The lowest BCUT2D eigenvalue weighted by Crippen LogP contribution is -2.67. The Balaban J connectivity index is 1.24. The van der Waals surface area contributed by atoms with Crippen molar-refractivity contribution in [1.82, 2.24) is 9.88 Å². The molecule has 1 N–H and O–H groups in total. The van der Waals surface area contributed by atoms with Crippen molar-refractivity contribution < 1.29 is 14.6 Å². The Morgan fingerprint density at radius 2 is 1.96 bits per heavy atom. The van der Waals surface area contributed by atoms with Crippen molar-refractivity contribution in [3.05, 3.63) is 45.9 Å². The molecule has 0 spiro atoms. The maximum absolute atomic E-state index is 11.1. The topological polar surface area (TPSA) is 62.7 Å². The van der Waals surface area contributed by atoms with Crippen molar-refractivity contribution in [3.8, 4) is 5.75 Å². The van der Waals surface area contributed by atoms with E-state index in [1.165, 1.54) is 42.7 Å². The van der Waals surface area contributed by atoms with Crippen LogP contribution in [0, 0.1) is 5.41 Å². The molecule has 5 nitrogen and oxygen atoms in total. The Bertz CT molecular complexity index is 808. The van der Waals surface area contributed by atoms with E-state index >= 15 is 0 Å². The maximum atomic E-state index is 11.1. The number of aryl methyl sites for hydroxylation is 1. The summed E-state index contributed by atoms with van der Waals surface area (Å²) in [7, 11) is 4.33. The number of hydrogen-bond acceptors (Lipinski definition) is 5. The van der Waals surface area contributed by atoms with Gasteiger partial charge in [0.15, 0.2) is 5.69 Å². The second-order valence-electron chi connectivity index (χ2n) is 8.45. The highest BCUT2D eigenvalue weighted by Crippen LogP contribution is 2.73. The van der Waals surface area contributed by atoms with Crippen LogP contribution in [0.3, 0.4) is 0 Å². The summed E-state index contributed by atoms with van der Waals surface area (Å²) in [6, 6.07) is 8.59. The van der Waals surface area contributed by atoms with Gasteiger partial charge in [-0.05, 0) is 74.7 Å². The summed E-state index contributed by atoms with van der Waals surface area (Å²) in [5.74, 6) is -0.0696. The van der Waals surface area contributed by atoms with Gasteiger partial charge in [-0.2, -0.15) is 0 Å². The summed E-state index contributed by atoms with van der Waals surface area (Å²) in [6.07, 6.45) is 5.42. The molecule has 1 aromatic heterocycles. The molecule has 27 heavy (non-hydrogen) atoms. The summed E-state index contributed by atoms with van der Waals surface area (Å²) in [5, 5.41) is 9.08. The molecule has 5 rings (SSSR count). The third-order valence-corrected chi connectivity index (χ3v) is 6.81. The number of carboxylic acid groups (broad SMARTS) is 1. The van der Waals surface area contributed by atoms with Gasteiger partial charge in [-0.25, -0.2) is 9.78 Å². The SMILES string of the molecule is CN(C)CC12CC(c3ccc(OCCCc4scnc4C(=O)O)cc3)(C1)C2. The number of nitrogens with zero attached hydrogens (tertiary/aromatic N) is 2. The summed E-state index contributed by atoms with van der Waals surface area (Å²) < 4.78 is 5.84. The average Bonchev–Trinajstić information content (AvgIpc) is 3.03. The van der Waals surface area contributed by atoms with Crippen LogP contribution in [-0.4, -0.2) is 48.2 Å². The quantitative estimate of drug-likeness (QED) is 0.664. The van der Waals surface area contributed by atoms with Gasteiger partial charge in [0.2, 0.25) is 0 Å². The summed E-state index contributed by atoms with van der Waals surface area (Å²) in [4.78, 5) is 18.1. The number of carbonyl (C=O) groups is 1. The van der Waals surface area contributed by atoms with Crippen LogP contribution >= 0.6 is 11.3 Å². The minimum atomic E-state index is -0.955. The number of aromatic nitrogens is 1. The number of aromatic carboxylic acids is 1. The zero-order valence-electron chi connectivity index (χ0n) is 15.9. The second kappa shape index (κ2) is 6.91. The zero-order valence-corrected chi connectivity index (χ0v) is 16.7. The minimum absolute atomic E-state index is 0.176. The molecule has 2 aromatic rings. The normalized spacial score (nSPS) is 25.7. The number of benzene rings is 1. The van der Waals surface area contributed by atoms with E-state index in [-0.39, 0.29) is 5.69 Å². The molecule has 0 atom stereocenters. The van der Waals surface area contributed by atoms with E-state index < -0.39 is 5.97 Å².